The highest BCUT2D eigenvalue weighted by molar-refractivity contribution is 9.10. The molecule has 0 aliphatic rings. The lowest BCUT2D eigenvalue weighted by molar-refractivity contribution is 0.263. The maximum atomic E-state index is 9.04. The van der Waals surface area contributed by atoms with E-state index < -0.39 is 6.04 Å². The molecule has 1 aromatic carbocycles. The Morgan fingerprint density at radius 3 is 2.89 bits per heavy atom. The first kappa shape index (κ1) is 13.1. The number of rotatable bonds is 3. The van der Waals surface area contributed by atoms with Crippen molar-refractivity contribution < 1.29 is 5.11 Å². The Kier molecular flexibility index (Phi) is 4.06. The van der Waals surface area contributed by atoms with Gasteiger partial charge in [-0.1, -0.05) is 22.0 Å². The fraction of sp³-hybridized carbons (Fsp3) is 0.231. The van der Waals surface area contributed by atoms with E-state index in [4.69, 9.17) is 10.8 Å². The van der Waals surface area contributed by atoms with Crippen LogP contribution in [0.1, 0.15) is 17.4 Å². The molecule has 2 aromatic rings. The molecule has 18 heavy (non-hydrogen) atoms. The number of nitrogens with zero attached hydrogens (tertiary/aromatic N) is 2. The van der Waals surface area contributed by atoms with Crippen LogP contribution in [0, 0.1) is 6.92 Å². The molecule has 3 N–H and O–H groups in total. The number of hydrogen-bond acceptors (Lipinski definition) is 4. The van der Waals surface area contributed by atoms with Crippen molar-refractivity contribution in [2.45, 2.75) is 13.0 Å². The summed E-state index contributed by atoms with van der Waals surface area (Å²) in [4.78, 5) is 8.48. The number of aromatic nitrogens is 2. The Balaban J connectivity index is 2.47. The standard InChI is InChI=1S/C13H14BrN3O/c1-8-2-3-9(14)6-10(8)12-4-5-16-13(17-12)11(15)7-18/h2-6,11,18H,7,15H2,1H3. The molecule has 1 atom stereocenters. The maximum Gasteiger partial charge on any atom is 0.147 e. The number of halogens is 1. The highest BCUT2D eigenvalue weighted by Gasteiger charge is 2.10. The Labute approximate surface area is 114 Å². The van der Waals surface area contributed by atoms with Crippen LogP contribution >= 0.6 is 15.9 Å². The van der Waals surface area contributed by atoms with Gasteiger partial charge in [-0.25, -0.2) is 9.97 Å². The van der Waals surface area contributed by atoms with Crippen LogP contribution in [-0.2, 0) is 0 Å². The van der Waals surface area contributed by atoms with Gasteiger partial charge in [0.1, 0.15) is 5.82 Å². The third-order valence-corrected chi connectivity index (χ3v) is 3.17. The van der Waals surface area contributed by atoms with Gasteiger partial charge in [0, 0.05) is 16.2 Å². The van der Waals surface area contributed by atoms with Gasteiger partial charge in [-0.3, -0.25) is 0 Å². The first-order valence-corrected chi connectivity index (χ1v) is 6.37. The van der Waals surface area contributed by atoms with E-state index in [9.17, 15) is 0 Å². The topological polar surface area (TPSA) is 72.0 Å². The number of benzene rings is 1. The van der Waals surface area contributed by atoms with Gasteiger partial charge in [-0.15, -0.1) is 0 Å². The van der Waals surface area contributed by atoms with Crippen LogP contribution in [0.25, 0.3) is 11.3 Å². The van der Waals surface area contributed by atoms with Crippen molar-refractivity contribution in [1.82, 2.24) is 9.97 Å². The summed E-state index contributed by atoms with van der Waals surface area (Å²) in [6, 6.07) is 7.30. The molecule has 5 heteroatoms. The van der Waals surface area contributed by atoms with Crippen LogP contribution in [0.5, 0.6) is 0 Å². The fourth-order valence-corrected chi connectivity index (χ4v) is 2.02. The lowest BCUT2D eigenvalue weighted by Gasteiger charge is -2.10. The minimum absolute atomic E-state index is 0.166. The van der Waals surface area contributed by atoms with Crippen LogP contribution in [-0.4, -0.2) is 21.7 Å². The van der Waals surface area contributed by atoms with Gasteiger partial charge in [-0.05, 0) is 30.7 Å². The summed E-state index contributed by atoms with van der Waals surface area (Å²) < 4.78 is 0.995. The second-order valence-corrected chi connectivity index (χ2v) is 4.96. The number of aliphatic hydroxyl groups is 1. The van der Waals surface area contributed by atoms with Crippen LogP contribution in [0.15, 0.2) is 34.9 Å². The van der Waals surface area contributed by atoms with Crippen LogP contribution in [0.4, 0.5) is 0 Å². The third-order valence-electron chi connectivity index (χ3n) is 2.68. The average molecular weight is 308 g/mol. The van der Waals surface area contributed by atoms with Gasteiger partial charge in [0.15, 0.2) is 0 Å². The Hall–Kier alpha value is -1.30. The molecule has 0 saturated heterocycles. The van der Waals surface area contributed by atoms with Crippen LogP contribution < -0.4 is 5.73 Å². The lowest BCUT2D eigenvalue weighted by Crippen LogP contribution is -2.17. The Morgan fingerprint density at radius 2 is 2.17 bits per heavy atom. The van der Waals surface area contributed by atoms with E-state index in [0.29, 0.717) is 5.82 Å². The molecule has 0 saturated carbocycles. The molecule has 94 valence electrons. The minimum atomic E-state index is -0.544. The molecule has 1 heterocycles. The fourth-order valence-electron chi connectivity index (χ4n) is 1.65. The van der Waals surface area contributed by atoms with Gasteiger partial charge in [-0.2, -0.15) is 0 Å². The molecule has 0 fully saturated rings. The molecule has 4 nitrogen and oxygen atoms in total. The van der Waals surface area contributed by atoms with E-state index in [2.05, 4.69) is 25.9 Å². The third kappa shape index (κ3) is 2.75. The lowest BCUT2D eigenvalue weighted by atomic mass is 10.1. The molecule has 0 aliphatic heterocycles. The second-order valence-electron chi connectivity index (χ2n) is 4.05. The Bertz CT molecular complexity index is 560. The molecular weight excluding hydrogens is 294 g/mol. The summed E-state index contributed by atoms with van der Waals surface area (Å²) in [5.41, 5.74) is 8.68. The average Bonchev–Trinajstić information content (AvgIpc) is 2.40. The number of aryl methyl sites for hydroxylation is 1. The van der Waals surface area contributed by atoms with Crippen molar-refractivity contribution in [2.75, 3.05) is 6.61 Å². The highest BCUT2D eigenvalue weighted by Crippen LogP contribution is 2.25. The minimum Gasteiger partial charge on any atom is -0.394 e. The summed E-state index contributed by atoms with van der Waals surface area (Å²) >= 11 is 3.45. The van der Waals surface area contributed by atoms with Crippen LogP contribution in [0.2, 0.25) is 0 Å². The predicted molar refractivity (Wildman–Crippen MR) is 73.9 cm³/mol. The van der Waals surface area contributed by atoms with E-state index in [-0.39, 0.29) is 6.61 Å². The molecule has 0 aliphatic carbocycles. The second kappa shape index (κ2) is 5.56. The Morgan fingerprint density at radius 1 is 1.39 bits per heavy atom. The summed E-state index contributed by atoms with van der Waals surface area (Å²) in [7, 11) is 0. The van der Waals surface area contributed by atoms with E-state index in [1.165, 1.54) is 0 Å². The van der Waals surface area contributed by atoms with E-state index in [1.54, 1.807) is 6.20 Å². The predicted octanol–water partition coefficient (Wildman–Crippen LogP) is 2.21. The first-order chi connectivity index (χ1) is 8.61. The summed E-state index contributed by atoms with van der Waals surface area (Å²) in [6.45, 7) is 1.86. The van der Waals surface area contributed by atoms with Gasteiger partial charge in [0.25, 0.3) is 0 Å². The van der Waals surface area contributed by atoms with Crippen molar-refractivity contribution in [3.8, 4) is 11.3 Å². The van der Waals surface area contributed by atoms with Crippen molar-refractivity contribution in [3.05, 3.63) is 46.3 Å². The molecule has 0 bridgehead atoms. The number of nitrogens with two attached hydrogens (primary N) is 1. The highest BCUT2D eigenvalue weighted by atomic mass is 79.9. The molecule has 0 amide bonds. The summed E-state index contributed by atoms with van der Waals surface area (Å²) in [6.07, 6.45) is 1.66. The zero-order valence-electron chi connectivity index (χ0n) is 9.97. The molecule has 1 unspecified atom stereocenters. The summed E-state index contributed by atoms with van der Waals surface area (Å²) in [5.74, 6) is 0.453. The molecule has 0 spiro atoms. The molecule has 1 aromatic heterocycles. The van der Waals surface area contributed by atoms with Crippen molar-refractivity contribution >= 4 is 15.9 Å². The largest absolute Gasteiger partial charge is 0.394 e. The van der Waals surface area contributed by atoms with Gasteiger partial charge >= 0.3 is 0 Å². The van der Waals surface area contributed by atoms with Crippen molar-refractivity contribution in [1.29, 1.82) is 0 Å². The van der Waals surface area contributed by atoms with Gasteiger partial charge in [0.2, 0.25) is 0 Å². The SMILES string of the molecule is Cc1ccc(Br)cc1-c1ccnc(C(N)CO)n1. The summed E-state index contributed by atoms with van der Waals surface area (Å²) in [5, 5.41) is 9.04. The van der Waals surface area contributed by atoms with Crippen LogP contribution in [0.3, 0.4) is 0 Å². The maximum absolute atomic E-state index is 9.04. The zero-order valence-corrected chi connectivity index (χ0v) is 11.6. The van der Waals surface area contributed by atoms with E-state index >= 15 is 0 Å². The molecule has 2 rings (SSSR count). The zero-order chi connectivity index (χ0) is 13.1. The number of aliphatic hydroxyl groups excluding tert-OH is 1. The molecule has 0 radical (unpaired) electrons. The van der Waals surface area contributed by atoms with Gasteiger partial charge in [0.05, 0.1) is 18.3 Å². The first-order valence-electron chi connectivity index (χ1n) is 5.57. The smallest absolute Gasteiger partial charge is 0.147 e. The van der Waals surface area contributed by atoms with Crippen molar-refractivity contribution in [2.24, 2.45) is 5.73 Å². The normalized spacial score (nSPS) is 12.4. The van der Waals surface area contributed by atoms with E-state index in [1.807, 2.05) is 31.2 Å². The quantitative estimate of drug-likeness (QED) is 0.912. The van der Waals surface area contributed by atoms with E-state index in [0.717, 1.165) is 21.3 Å². The van der Waals surface area contributed by atoms with Crippen molar-refractivity contribution in [3.63, 3.8) is 0 Å². The number of hydrogen-bond donors (Lipinski definition) is 2. The van der Waals surface area contributed by atoms with Gasteiger partial charge < -0.3 is 10.8 Å². The molecular formula is C13H14BrN3O. The monoisotopic (exact) mass is 307 g/mol.